The minimum absolute atomic E-state index is 0.0173. The molecular weight excluding hydrogens is 288 g/mol. The summed E-state index contributed by atoms with van der Waals surface area (Å²) in [6.45, 7) is 2.33. The molecule has 1 fully saturated rings. The number of likely N-dealkylation sites (tertiary alicyclic amines) is 1. The first kappa shape index (κ1) is 13.9. The standard InChI is InChI=1S/C14H16N4O2S/c1-10(19)12-7-17(16-15-12)8-14(20)18-5-2-3-13(18)11-4-6-21-9-11/h4,6-7,9,13H,2-3,5,8H2,1H3. The fraction of sp³-hybridized carbons (Fsp3) is 0.429. The van der Waals surface area contributed by atoms with Gasteiger partial charge in [-0.1, -0.05) is 5.21 Å². The summed E-state index contributed by atoms with van der Waals surface area (Å²) in [4.78, 5) is 25.6. The van der Waals surface area contributed by atoms with E-state index in [9.17, 15) is 9.59 Å². The molecule has 0 bridgehead atoms. The lowest BCUT2D eigenvalue weighted by atomic mass is 10.1. The highest BCUT2D eigenvalue weighted by Gasteiger charge is 2.30. The molecule has 1 aliphatic heterocycles. The Morgan fingerprint density at radius 2 is 2.33 bits per heavy atom. The number of thiophene rings is 1. The van der Waals surface area contributed by atoms with Gasteiger partial charge in [-0.15, -0.1) is 5.10 Å². The Hall–Kier alpha value is -2.02. The number of rotatable bonds is 4. The number of hydrogen-bond acceptors (Lipinski definition) is 5. The second-order valence-corrected chi connectivity index (χ2v) is 5.94. The average molecular weight is 304 g/mol. The van der Waals surface area contributed by atoms with Crippen molar-refractivity contribution in [1.82, 2.24) is 19.9 Å². The number of carbonyl (C=O) groups excluding carboxylic acids is 2. The van der Waals surface area contributed by atoms with Crippen LogP contribution in [0.3, 0.4) is 0 Å². The minimum atomic E-state index is -0.147. The zero-order valence-corrected chi connectivity index (χ0v) is 12.5. The molecule has 110 valence electrons. The predicted molar refractivity (Wildman–Crippen MR) is 78.0 cm³/mol. The molecule has 7 heteroatoms. The number of aromatic nitrogens is 3. The summed E-state index contributed by atoms with van der Waals surface area (Å²) in [5.41, 5.74) is 1.49. The summed E-state index contributed by atoms with van der Waals surface area (Å²) >= 11 is 1.65. The molecule has 3 heterocycles. The van der Waals surface area contributed by atoms with E-state index >= 15 is 0 Å². The van der Waals surface area contributed by atoms with Gasteiger partial charge in [-0.05, 0) is 35.2 Å². The van der Waals surface area contributed by atoms with Crippen LogP contribution < -0.4 is 0 Å². The van der Waals surface area contributed by atoms with E-state index in [-0.39, 0.29) is 24.3 Å². The smallest absolute Gasteiger partial charge is 0.244 e. The maximum atomic E-state index is 12.5. The number of ketones is 1. The van der Waals surface area contributed by atoms with Crippen LogP contribution in [0.25, 0.3) is 0 Å². The Morgan fingerprint density at radius 1 is 1.48 bits per heavy atom. The Morgan fingerprint density at radius 3 is 3.00 bits per heavy atom. The van der Waals surface area contributed by atoms with E-state index < -0.39 is 0 Å². The average Bonchev–Trinajstić information content (AvgIpc) is 3.19. The summed E-state index contributed by atoms with van der Waals surface area (Å²) in [6, 6.07) is 2.24. The van der Waals surface area contributed by atoms with Crippen molar-refractivity contribution < 1.29 is 9.59 Å². The van der Waals surface area contributed by atoms with Gasteiger partial charge in [0.05, 0.1) is 12.2 Å². The van der Waals surface area contributed by atoms with Gasteiger partial charge in [0.25, 0.3) is 0 Å². The minimum Gasteiger partial charge on any atom is -0.334 e. The van der Waals surface area contributed by atoms with Crippen LogP contribution in [0.15, 0.2) is 23.0 Å². The molecule has 0 saturated carbocycles. The first-order valence-electron chi connectivity index (χ1n) is 6.88. The van der Waals surface area contributed by atoms with Gasteiger partial charge in [0, 0.05) is 13.5 Å². The SMILES string of the molecule is CC(=O)c1cn(CC(=O)N2CCCC2c2ccsc2)nn1. The van der Waals surface area contributed by atoms with Crippen LogP contribution in [0, 0.1) is 0 Å². The van der Waals surface area contributed by atoms with Gasteiger partial charge in [0.15, 0.2) is 5.78 Å². The normalized spacial score (nSPS) is 18.1. The Bertz CT molecular complexity index is 650. The van der Waals surface area contributed by atoms with E-state index in [2.05, 4.69) is 21.8 Å². The Kier molecular flexibility index (Phi) is 3.83. The molecular formula is C14H16N4O2S. The van der Waals surface area contributed by atoms with Crippen molar-refractivity contribution in [2.45, 2.75) is 32.4 Å². The molecule has 0 aromatic carbocycles. The van der Waals surface area contributed by atoms with Crippen LogP contribution in [0.5, 0.6) is 0 Å². The number of Topliss-reactive ketones (excluding diaryl/α,β-unsaturated/α-hetero) is 1. The molecule has 0 radical (unpaired) electrons. The van der Waals surface area contributed by atoms with Gasteiger partial charge in [0.2, 0.25) is 5.91 Å². The fourth-order valence-electron chi connectivity index (χ4n) is 2.64. The summed E-state index contributed by atoms with van der Waals surface area (Å²) in [6.07, 6.45) is 3.54. The van der Waals surface area contributed by atoms with Crippen LogP contribution >= 0.6 is 11.3 Å². The van der Waals surface area contributed by atoms with Crippen molar-refractivity contribution in [3.05, 3.63) is 34.3 Å². The highest BCUT2D eigenvalue weighted by molar-refractivity contribution is 7.07. The van der Waals surface area contributed by atoms with Crippen molar-refractivity contribution in [2.24, 2.45) is 0 Å². The zero-order chi connectivity index (χ0) is 14.8. The molecule has 2 aromatic rings. The largest absolute Gasteiger partial charge is 0.334 e. The Balaban J connectivity index is 1.70. The van der Waals surface area contributed by atoms with Crippen molar-refractivity contribution in [3.8, 4) is 0 Å². The van der Waals surface area contributed by atoms with Crippen LogP contribution in [0.1, 0.15) is 41.9 Å². The van der Waals surface area contributed by atoms with E-state index in [0.717, 1.165) is 19.4 Å². The number of hydrogen-bond donors (Lipinski definition) is 0. The monoisotopic (exact) mass is 304 g/mol. The van der Waals surface area contributed by atoms with Crippen molar-refractivity contribution in [2.75, 3.05) is 6.54 Å². The lowest BCUT2D eigenvalue weighted by molar-refractivity contribution is -0.133. The van der Waals surface area contributed by atoms with Crippen molar-refractivity contribution in [3.63, 3.8) is 0 Å². The van der Waals surface area contributed by atoms with E-state index in [0.29, 0.717) is 5.69 Å². The van der Waals surface area contributed by atoms with Gasteiger partial charge < -0.3 is 4.90 Å². The van der Waals surface area contributed by atoms with Gasteiger partial charge in [-0.3, -0.25) is 9.59 Å². The fourth-order valence-corrected chi connectivity index (χ4v) is 3.35. The molecule has 3 rings (SSSR count). The highest BCUT2D eigenvalue weighted by atomic mass is 32.1. The number of carbonyl (C=O) groups is 2. The summed E-state index contributed by atoms with van der Waals surface area (Å²) < 4.78 is 1.43. The molecule has 1 saturated heterocycles. The quantitative estimate of drug-likeness (QED) is 0.809. The zero-order valence-electron chi connectivity index (χ0n) is 11.7. The van der Waals surface area contributed by atoms with Crippen LogP contribution in [0.4, 0.5) is 0 Å². The highest BCUT2D eigenvalue weighted by Crippen LogP contribution is 2.33. The lowest BCUT2D eigenvalue weighted by Crippen LogP contribution is -2.33. The number of nitrogens with zero attached hydrogens (tertiary/aromatic N) is 4. The molecule has 0 spiro atoms. The predicted octanol–water partition coefficient (Wildman–Crippen LogP) is 1.91. The van der Waals surface area contributed by atoms with Crippen molar-refractivity contribution >= 4 is 23.0 Å². The third-order valence-electron chi connectivity index (χ3n) is 3.70. The van der Waals surface area contributed by atoms with E-state index in [4.69, 9.17) is 0 Å². The number of amides is 1. The van der Waals surface area contributed by atoms with Crippen LogP contribution in [-0.4, -0.2) is 38.1 Å². The second kappa shape index (κ2) is 5.77. The summed E-state index contributed by atoms with van der Waals surface area (Å²) in [5, 5.41) is 11.7. The Labute approximate surface area is 126 Å². The molecule has 0 N–H and O–H groups in total. The maximum absolute atomic E-state index is 12.5. The van der Waals surface area contributed by atoms with Crippen LogP contribution in [-0.2, 0) is 11.3 Å². The molecule has 0 aliphatic carbocycles. The summed E-state index contributed by atoms with van der Waals surface area (Å²) in [7, 11) is 0. The second-order valence-electron chi connectivity index (χ2n) is 5.16. The molecule has 1 aliphatic rings. The third-order valence-corrected chi connectivity index (χ3v) is 4.40. The molecule has 1 unspecified atom stereocenters. The van der Waals surface area contributed by atoms with Gasteiger partial charge >= 0.3 is 0 Å². The molecule has 2 aromatic heterocycles. The van der Waals surface area contributed by atoms with E-state index in [1.807, 2.05) is 10.3 Å². The maximum Gasteiger partial charge on any atom is 0.244 e. The first-order valence-corrected chi connectivity index (χ1v) is 7.82. The lowest BCUT2D eigenvalue weighted by Gasteiger charge is -2.24. The van der Waals surface area contributed by atoms with Gasteiger partial charge in [-0.25, -0.2) is 4.68 Å². The van der Waals surface area contributed by atoms with Crippen LogP contribution in [0.2, 0.25) is 0 Å². The van der Waals surface area contributed by atoms with E-state index in [1.165, 1.54) is 23.4 Å². The van der Waals surface area contributed by atoms with Gasteiger partial charge in [0.1, 0.15) is 12.2 Å². The molecule has 6 nitrogen and oxygen atoms in total. The van der Waals surface area contributed by atoms with Crippen molar-refractivity contribution in [1.29, 1.82) is 0 Å². The van der Waals surface area contributed by atoms with E-state index in [1.54, 1.807) is 11.3 Å². The first-order chi connectivity index (χ1) is 10.1. The van der Waals surface area contributed by atoms with Gasteiger partial charge in [-0.2, -0.15) is 11.3 Å². The topological polar surface area (TPSA) is 68.1 Å². The summed E-state index contributed by atoms with van der Waals surface area (Å²) in [5.74, 6) is -0.130. The molecule has 21 heavy (non-hydrogen) atoms. The molecule has 1 atom stereocenters. The third kappa shape index (κ3) is 2.87. The molecule has 1 amide bonds.